The first-order valence-corrected chi connectivity index (χ1v) is 7.82. The van der Waals surface area contributed by atoms with Crippen LogP contribution in [0.15, 0.2) is 54.6 Å². The molecule has 4 rings (SSSR count). The molecule has 1 amide bonds. The van der Waals surface area contributed by atoms with Crippen LogP contribution >= 0.6 is 0 Å². The zero-order chi connectivity index (χ0) is 15.1. The summed E-state index contributed by atoms with van der Waals surface area (Å²) in [6.07, 6.45) is 0.624. The predicted octanol–water partition coefficient (Wildman–Crippen LogP) is 3.27. The Kier molecular flexibility index (Phi) is 3.23. The molecule has 0 N–H and O–H groups in total. The third-order valence-electron chi connectivity index (χ3n) is 4.82. The Morgan fingerprint density at radius 2 is 1.77 bits per heavy atom. The van der Waals surface area contributed by atoms with Gasteiger partial charge in [-0.15, -0.1) is 0 Å². The number of ether oxygens (including phenoxy) is 1. The number of fused-ring (bicyclic) bond motifs is 2. The summed E-state index contributed by atoms with van der Waals surface area (Å²) in [5, 5.41) is 0. The zero-order valence-electron chi connectivity index (χ0n) is 12.6. The molecule has 3 nitrogen and oxygen atoms in total. The maximum Gasteiger partial charge on any atom is 0.232 e. The van der Waals surface area contributed by atoms with Crippen LogP contribution in [0.3, 0.4) is 0 Å². The van der Waals surface area contributed by atoms with Crippen molar-refractivity contribution in [1.29, 1.82) is 0 Å². The van der Waals surface area contributed by atoms with Gasteiger partial charge in [-0.25, -0.2) is 0 Å². The number of rotatable bonds is 1. The highest BCUT2D eigenvalue weighted by Crippen LogP contribution is 2.38. The van der Waals surface area contributed by atoms with Gasteiger partial charge in [0.2, 0.25) is 5.91 Å². The second-order valence-corrected chi connectivity index (χ2v) is 6.08. The minimum absolute atomic E-state index is 0.0236. The molecule has 0 spiro atoms. The van der Waals surface area contributed by atoms with E-state index in [1.54, 1.807) is 0 Å². The minimum atomic E-state index is -0.149. The van der Waals surface area contributed by atoms with E-state index in [0.29, 0.717) is 6.61 Å². The molecular weight excluding hydrogens is 274 g/mol. The lowest BCUT2D eigenvalue weighted by Crippen LogP contribution is -2.39. The fraction of sp³-hybridized carbons (Fsp3) is 0.316. The molecule has 0 radical (unpaired) electrons. The summed E-state index contributed by atoms with van der Waals surface area (Å²) in [6.45, 7) is 2.58. The van der Waals surface area contributed by atoms with Gasteiger partial charge in [-0.1, -0.05) is 54.6 Å². The summed E-state index contributed by atoms with van der Waals surface area (Å²) in [4.78, 5) is 15.0. The third-order valence-corrected chi connectivity index (χ3v) is 4.82. The number of carbonyl (C=O) groups is 1. The topological polar surface area (TPSA) is 29.5 Å². The van der Waals surface area contributed by atoms with Crippen molar-refractivity contribution in [1.82, 2.24) is 4.90 Å². The highest BCUT2D eigenvalue weighted by atomic mass is 16.5. The molecule has 2 heterocycles. The van der Waals surface area contributed by atoms with E-state index in [4.69, 9.17) is 4.74 Å². The molecule has 3 heteroatoms. The van der Waals surface area contributed by atoms with Crippen molar-refractivity contribution >= 4 is 5.91 Å². The third kappa shape index (κ3) is 2.04. The fourth-order valence-electron chi connectivity index (χ4n) is 3.64. The number of hydrogen-bond donors (Lipinski definition) is 0. The van der Waals surface area contributed by atoms with Crippen molar-refractivity contribution in [2.75, 3.05) is 6.61 Å². The number of nitrogens with zero attached hydrogens (tertiary/aromatic N) is 1. The van der Waals surface area contributed by atoms with Crippen LogP contribution in [0.1, 0.15) is 35.6 Å². The Hall–Kier alpha value is -2.13. The van der Waals surface area contributed by atoms with Crippen LogP contribution < -0.4 is 0 Å². The Morgan fingerprint density at radius 1 is 1.05 bits per heavy atom. The van der Waals surface area contributed by atoms with E-state index in [1.165, 1.54) is 5.56 Å². The lowest BCUT2D eigenvalue weighted by Gasteiger charge is -2.28. The van der Waals surface area contributed by atoms with E-state index in [2.05, 4.69) is 24.3 Å². The SMILES string of the molecule is C[C@@H]1C(=O)N2[C@H](Cc3ccccc31)OC[C@H]2c1ccccc1. The molecule has 2 aliphatic rings. The molecule has 2 aromatic rings. The molecule has 1 saturated heterocycles. The average molecular weight is 293 g/mol. The first-order chi connectivity index (χ1) is 10.8. The first kappa shape index (κ1) is 13.5. The number of amides is 1. The molecule has 0 saturated carbocycles. The van der Waals surface area contributed by atoms with Crippen molar-refractivity contribution in [3.05, 3.63) is 71.3 Å². The Bertz CT molecular complexity index is 698. The lowest BCUT2D eigenvalue weighted by atomic mass is 9.94. The molecule has 0 unspecified atom stereocenters. The van der Waals surface area contributed by atoms with Gasteiger partial charge in [-0.2, -0.15) is 0 Å². The van der Waals surface area contributed by atoms with E-state index in [9.17, 15) is 4.79 Å². The highest BCUT2D eigenvalue weighted by Gasteiger charge is 2.43. The van der Waals surface area contributed by atoms with Crippen LogP contribution in [0.25, 0.3) is 0 Å². The van der Waals surface area contributed by atoms with E-state index < -0.39 is 0 Å². The largest absolute Gasteiger partial charge is 0.355 e. The standard InChI is InChI=1S/C19H19NO2/c1-13-16-10-6-5-9-15(16)11-18-20(19(13)21)17(12-22-18)14-7-3-2-4-8-14/h2-10,13,17-18H,11-12H2,1H3/t13-,17-,18-/m0/s1. The highest BCUT2D eigenvalue weighted by molar-refractivity contribution is 5.85. The smallest absolute Gasteiger partial charge is 0.232 e. The van der Waals surface area contributed by atoms with Gasteiger partial charge in [0.05, 0.1) is 18.6 Å². The molecular formula is C19H19NO2. The number of benzene rings is 2. The van der Waals surface area contributed by atoms with Crippen molar-refractivity contribution in [2.45, 2.75) is 31.5 Å². The Morgan fingerprint density at radius 3 is 2.59 bits per heavy atom. The van der Waals surface area contributed by atoms with Crippen LogP contribution in [0.4, 0.5) is 0 Å². The molecule has 0 aromatic heterocycles. The van der Waals surface area contributed by atoms with Gasteiger partial charge in [-0.3, -0.25) is 4.79 Å². The van der Waals surface area contributed by atoms with E-state index >= 15 is 0 Å². The van der Waals surface area contributed by atoms with Gasteiger partial charge in [0.25, 0.3) is 0 Å². The Balaban J connectivity index is 1.74. The van der Waals surface area contributed by atoms with Gasteiger partial charge in [0, 0.05) is 6.42 Å². The quantitative estimate of drug-likeness (QED) is 0.807. The van der Waals surface area contributed by atoms with Gasteiger partial charge in [-0.05, 0) is 23.6 Å². The van der Waals surface area contributed by atoms with Gasteiger partial charge in [0.1, 0.15) is 6.23 Å². The van der Waals surface area contributed by atoms with Crippen LogP contribution in [0.5, 0.6) is 0 Å². The fourth-order valence-corrected chi connectivity index (χ4v) is 3.64. The van der Waals surface area contributed by atoms with Crippen molar-refractivity contribution in [2.24, 2.45) is 0 Å². The molecule has 22 heavy (non-hydrogen) atoms. The maximum atomic E-state index is 13.0. The molecule has 1 fully saturated rings. The first-order valence-electron chi connectivity index (χ1n) is 7.82. The number of carbonyl (C=O) groups excluding carboxylic acids is 1. The van der Waals surface area contributed by atoms with Gasteiger partial charge in [0.15, 0.2) is 0 Å². The van der Waals surface area contributed by atoms with E-state index in [0.717, 1.165) is 17.5 Å². The van der Waals surface area contributed by atoms with Crippen molar-refractivity contribution in [3.63, 3.8) is 0 Å². The zero-order valence-corrected chi connectivity index (χ0v) is 12.6. The number of hydrogen-bond acceptors (Lipinski definition) is 2. The van der Waals surface area contributed by atoms with Crippen LogP contribution in [0.2, 0.25) is 0 Å². The van der Waals surface area contributed by atoms with Crippen LogP contribution in [-0.4, -0.2) is 23.6 Å². The predicted molar refractivity (Wildman–Crippen MR) is 84.3 cm³/mol. The second-order valence-electron chi connectivity index (χ2n) is 6.08. The average Bonchev–Trinajstić information content (AvgIpc) is 2.94. The molecule has 2 aromatic carbocycles. The Labute approximate surface area is 130 Å². The minimum Gasteiger partial charge on any atom is -0.355 e. The summed E-state index contributed by atoms with van der Waals surface area (Å²) in [7, 11) is 0. The molecule has 3 atom stereocenters. The van der Waals surface area contributed by atoms with Crippen LogP contribution in [-0.2, 0) is 16.0 Å². The second kappa shape index (κ2) is 5.25. The maximum absolute atomic E-state index is 13.0. The van der Waals surface area contributed by atoms with E-state index in [1.807, 2.05) is 42.2 Å². The summed E-state index contributed by atoms with van der Waals surface area (Å²) < 4.78 is 5.98. The summed E-state index contributed by atoms with van der Waals surface area (Å²) in [5.41, 5.74) is 3.51. The molecule has 0 bridgehead atoms. The summed E-state index contributed by atoms with van der Waals surface area (Å²) >= 11 is 0. The van der Waals surface area contributed by atoms with Crippen molar-refractivity contribution < 1.29 is 9.53 Å². The monoisotopic (exact) mass is 293 g/mol. The van der Waals surface area contributed by atoms with E-state index in [-0.39, 0.29) is 24.1 Å². The molecule has 0 aliphatic carbocycles. The normalized spacial score (nSPS) is 27.2. The van der Waals surface area contributed by atoms with Crippen molar-refractivity contribution in [3.8, 4) is 0 Å². The lowest BCUT2D eigenvalue weighted by molar-refractivity contribution is -0.138. The van der Waals surface area contributed by atoms with Crippen LogP contribution in [0, 0.1) is 0 Å². The summed E-state index contributed by atoms with van der Waals surface area (Å²) in [5.74, 6) is 0.0513. The van der Waals surface area contributed by atoms with Gasteiger partial charge < -0.3 is 9.64 Å². The summed E-state index contributed by atoms with van der Waals surface area (Å²) in [6, 6.07) is 18.4. The van der Waals surface area contributed by atoms with Gasteiger partial charge >= 0.3 is 0 Å². The molecule has 2 aliphatic heterocycles. The molecule has 112 valence electrons.